The highest BCUT2D eigenvalue weighted by Crippen LogP contribution is 2.24. The summed E-state index contributed by atoms with van der Waals surface area (Å²) in [7, 11) is -3.66. The summed E-state index contributed by atoms with van der Waals surface area (Å²) < 4.78 is 32.2. The largest absolute Gasteiger partial charge is 0.468 e. The van der Waals surface area contributed by atoms with Crippen LogP contribution in [0.3, 0.4) is 0 Å². The van der Waals surface area contributed by atoms with Gasteiger partial charge in [-0.25, -0.2) is 13.1 Å². The van der Waals surface area contributed by atoms with Gasteiger partial charge in [0.1, 0.15) is 5.76 Å². The van der Waals surface area contributed by atoms with Crippen LogP contribution in [0, 0.1) is 5.92 Å². The van der Waals surface area contributed by atoms with Crippen molar-refractivity contribution in [1.29, 1.82) is 0 Å². The number of furan rings is 1. The molecule has 1 heterocycles. The molecule has 0 radical (unpaired) electrons. The summed E-state index contributed by atoms with van der Waals surface area (Å²) in [5, 5.41) is 3.07. The first-order chi connectivity index (χ1) is 12.5. The van der Waals surface area contributed by atoms with Crippen LogP contribution in [0.25, 0.3) is 0 Å². The van der Waals surface area contributed by atoms with Gasteiger partial charge in [0.15, 0.2) is 0 Å². The number of nitrogens with one attached hydrogen (secondary N) is 2. The van der Waals surface area contributed by atoms with Crippen molar-refractivity contribution in [2.24, 2.45) is 5.92 Å². The smallest absolute Gasteiger partial charge is 0.251 e. The van der Waals surface area contributed by atoms with Gasteiger partial charge in [0.05, 0.1) is 17.7 Å². The van der Waals surface area contributed by atoms with E-state index >= 15 is 0 Å². The Bertz CT molecular complexity index is 829. The van der Waals surface area contributed by atoms with E-state index in [0.717, 1.165) is 19.3 Å². The van der Waals surface area contributed by atoms with Gasteiger partial charge in [0.2, 0.25) is 10.0 Å². The summed E-state index contributed by atoms with van der Waals surface area (Å²) in [4.78, 5) is 12.5. The zero-order chi connectivity index (χ0) is 18.6. The Hall–Kier alpha value is -2.12. The van der Waals surface area contributed by atoms with E-state index in [0.29, 0.717) is 17.2 Å². The number of hydrogen-bond donors (Lipinski definition) is 2. The van der Waals surface area contributed by atoms with Gasteiger partial charge in [-0.2, -0.15) is 0 Å². The molecule has 0 bridgehead atoms. The molecule has 0 aliphatic heterocycles. The van der Waals surface area contributed by atoms with Gasteiger partial charge >= 0.3 is 0 Å². The van der Waals surface area contributed by atoms with Crippen molar-refractivity contribution < 1.29 is 17.6 Å². The highest BCUT2D eigenvalue weighted by atomic mass is 32.2. The van der Waals surface area contributed by atoms with Crippen LogP contribution in [-0.2, 0) is 16.6 Å². The average Bonchev–Trinajstić information content (AvgIpc) is 3.16. The molecule has 1 aliphatic carbocycles. The highest BCUT2D eigenvalue weighted by molar-refractivity contribution is 7.89. The third kappa shape index (κ3) is 4.53. The molecular weight excluding hydrogens is 352 g/mol. The third-order valence-corrected chi connectivity index (χ3v) is 6.29. The number of amides is 1. The molecule has 7 heteroatoms. The topological polar surface area (TPSA) is 88.4 Å². The summed E-state index contributed by atoms with van der Waals surface area (Å²) in [6.07, 6.45) is 5.96. The molecule has 2 aromatic rings. The van der Waals surface area contributed by atoms with Crippen LogP contribution in [0.2, 0.25) is 0 Å². The van der Waals surface area contributed by atoms with Gasteiger partial charge in [-0.15, -0.1) is 0 Å². The molecule has 140 valence electrons. The standard InChI is InChI=1S/C19H24N2O4S/c1-14-5-2-3-7-18(14)21-19(22)15-8-10-17(11-9-15)26(23,24)20-13-16-6-4-12-25-16/h4,6,8-12,14,18,20H,2-3,5,7,13H2,1H3,(H,21,22)/t14-,18-/m0/s1. The lowest BCUT2D eigenvalue weighted by atomic mass is 9.86. The monoisotopic (exact) mass is 376 g/mol. The quantitative estimate of drug-likeness (QED) is 0.811. The third-order valence-electron chi connectivity index (χ3n) is 4.87. The van der Waals surface area contributed by atoms with E-state index in [1.54, 1.807) is 24.3 Å². The number of rotatable bonds is 6. The molecule has 2 atom stereocenters. The second-order valence-electron chi connectivity index (χ2n) is 6.77. The fourth-order valence-corrected chi connectivity index (χ4v) is 4.22. The van der Waals surface area contributed by atoms with E-state index < -0.39 is 10.0 Å². The first-order valence-electron chi connectivity index (χ1n) is 8.89. The molecule has 1 amide bonds. The van der Waals surface area contributed by atoms with Crippen LogP contribution in [0.5, 0.6) is 0 Å². The van der Waals surface area contributed by atoms with Crippen LogP contribution in [0.1, 0.15) is 48.7 Å². The van der Waals surface area contributed by atoms with Crippen molar-refractivity contribution in [2.75, 3.05) is 0 Å². The van der Waals surface area contributed by atoms with Gasteiger partial charge in [-0.1, -0.05) is 19.8 Å². The van der Waals surface area contributed by atoms with E-state index in [9.17, 15) is 13.2 Å². The van der Waals surface area contributed by atoms with Gasteiger partial charge in [-0.3, -0.25) is 4.79 Å². The van der Waals surface area contributed by atoms with E-state index in [1.165, 1.54) is 24.8 Å². The van der Waals surface area contributed by atoms with Crippen molar-refractivity contribution in [1.82, 2.24) is 10.0 Å². The predicted octanol–water partition coefficient (Wildman–Crippen LogP) is 3.07. The molecule has 1 fully saturated rings. The Kier molecular flexibility index (Phi) is 5.78. The molecule has 6 nitrogen and oxygen atoms in total. The molecule has 0 saturated heterocycles. The predicted molar refractivity (Wildman–Crippen MR) is 98.1 cm³/mol. The van der Waals surface area contributed by atoms with E-state index in [-0.39, 0.29) is 23.4 Å². The van der Waals surface area contributed by atoms with Gasteiger partial charge in [-0.05, 0) is 55.2 Å². The Morgan fingerprint density at radius 2 is 1.88 bits per heavy atom. The van der Waals surface area contributed by atoms with Crippen molar-refractivity contribution in [3.05, 3.63) is 54.0 Å². The molecule has 1 aromatic heterocycles. The number of sulfonamides is 1. The van der Waals surface area contributed by atoms with Crippen LogP contribution < -0.4 is 10.0 Å². The maximum absolute atomic E-state index is 12.4. The van der Waals surface area contributed by atoms with E-state index in [2.05, 4.69) is 17.0 Å². The molecular formula is C19H24N2O4S. The van der Waals surface area contributed by atoms with Crippen molar-refractivity contribution in [3.8, 4) is 0 Å². The number of benzene rings is 1. The van der Waals surface area contributed by atoms with Crippen molar-refractivity contribution in [3.63, 3.8) is 0 Å². The molecule has 1 saturated carbocycles. The maximum atomic E-state index is 12.4. The number of hydrogen-bond acceptors (Lipinski definition) is 4. The Labute approximate surface area is 154 Å². The van der Waals surface area contributed by atoms with Crippen LogP contribution in [0.4, 0.5) is 0 Å². The molecule has 3 rings (SSSR count). The lowest BCUT2D eigenvalue weighted by molar-refractivity contribution is 0.0910. The van der Waals surface area contributed by atoms with Gasteiger partial charge in [0, 0.05) is 11.6 Å². The number of carbonyl (C=O) groups is 1. The second-order valence-corrected chi connectivity index (χ2v) is 8.54. The zero-order valence-corrected chi connectivity index (χ0v) is 15.6. The molecule has 1 aromatic carbocycles. The normalized spacial score (nSPS) is 20.7. The Morgan fingerprint density at radius 3 is 2.54 bits per heavy atom. The van der Waals surface area contributed by atoms with Crippen molar-refractivity contribution in [2.45, 2.75) is 50.1 Å². The SMILES string of the molecule is C[C@H]1CCCC[C@@H]1NC(=O)c1ccc(S(=O)(=O)NCc2ccco2)cc1. The molecule has 0 unspecified atom stereocenters. The minimum absolute atomic E-state index is 0.0805. The Balaban J connectivity index is 1.62. The van der Waals surface area contributed by atoms with Crippen molar-refractivity contribution >= 4 is 15.9 Å². The zero-order valence-electron chi connectivity index (χ0n) is 14.8. The Morgan fingerprint density at radius 1 is 1.15 bits per heavy atom. The summed E-state index contributed by atoms with van der Waals surface area (Å²) in [5.74, 6) is 0.848. The van der Waals surface area contributed by atoms with E-state index in [1.807, 2.05) is 0 Å². The summed E-state index contributed by atoms with van der Waals surface area (Å²) in [6, 6.07) is 9.57. The lowest BCUT2D eigenvalue weighted by Crippen LogP contribution is -2.41. The molecule has 2 N–H and O–H groups in total. The average molecular weight is 376 g/mol. The van der Waals surface area contributed by atoms with E-state index in [4.69, 9.17) is 4.42 Å². The summed E-state index contributed by atoms with van der Waals surface area (Å²) >= 11 is 0. The van der Waals surface area contributed by atoms with Crippen LogP contribution in [-0.4, -0.2) is 20.4 Å². The molecule has 1 aliphatic rings. The summed E-state index contributed by atoms with van der Waals surface area (Å²) in [6.45, 7) is 2.24. The molecule has 26 heavy (non-hydrogen) atoms. The minimum atomic E-state index is -3.66. The lowest BCUT2D eigenvalue weighted by Gasteiger charge is -2.29. The number of carbonyl (C=O) groups excluding carboxylic acids is 1. The summed E-state index contributed by atoms with van der Waals surface area (Å²) in [5.41, 5.74) is 0.466. The highest BCUT2D eigenvalue weighted by Gasteiger charge is 2.23. The van der Waals surface area contributed by atoms with Crippen LogP contribution in [0.15, 0.2) is 52.0 Å². The minimum Gasteiger partial charge on any atom is -0.468 e. The first kappa shape index (κ1) is 18.7. The van der Waals surface area contributed by atoms with Gasteiger partial charge < -0.3 is 9.73 Å². The fourth-order valence-electron chi connectivity index (χ4n) is 3.23. The first-order valence-corrected chi connectivity index (χ1v) is 10.4. The fraction of sp³-hybridized carbons (Fsp3) is 0.421. The van der Waals surface area contributed by atoms with Gasteiger partial charge in [0.25, 0.3) is 5.91 Å². The van der Waals surface area contributed by atoms with Crippen LogP contribution >= 0.6 is 0 Å². The second kappa shape index (κ2) is 8.05. The maximum Gasteiger partial charge on any atom is 0.251 e. The molecule has 0 spiro atoms.